The summed E-state index contributed by atoms with van der Waals surface area (Å²) in [6.45, 7) is 29.8. The van der Waals surface area contributed by atoms with E-state index in [1.165, 1.54) is 94.2 Å². The molecule has 0 aliphatic rings. The predicted octanol–water partition coefficient (Wildman–Crippen LogP) is 11.4. The summed E-state index contributed by atoms with van der Waals surface area (Å²) in [6.07, 6.45) is 0. The normalized spacial score (nSPS) is 14.0. The van der Waals surface area contributed by atoms with Gasteiger partial charge in [0.25, 0.3) is 0 Å². The number of benzene rings is 5. The zero-order valence-corrected chi connectivity index (χ0v) is 37.3. The second-order valence-corrected chi connectivity index (χ2v) is 41.2. The van der Waals surface area contributed by atoms with Crippen molar-refractivity contribution < 1.29 is 0 Å². The van der Waals surface area contributed by atoms with E-state index in [-0.39, 0.29) is 0 Å². The molecule has 0 fully saturated rings. The van der Waals surface area contributed by atoms with Crippen LogP contribution in [-0.4, -0.2) is 41.1 Å². The molecule has 0 spiro atoms. The van der Waals surface area contributed by atoms with Crippen molar-refractivity contribution >= 4 is 149 Å². The average Bonchev–Trinajstić information content (AvgIpc) is 3.55. The molecule has 0 N–H and O–H groups in total. The number of aromatic nitrogens is 2. The lowest BCUT2D eigenvalue weighted by atomic mass is 10.1. The van der Waals surface area contributed by atoms with Gasteiger partial charge in [-0.25, -0.2) is 0 Å². The fourth-order valence-corrected chi connectivity index (χ4v) is 15.4. The van der Waals surface area contributed by atoms with Crippen LogP contribution in [0.2, 0.25) is 78.6 Å². The summed E-state index contributed by atoms with van der Waals surface area (Å²) in [4.78, 5) is 0. The minimum atomic E-state index is -1.57. The standard InChI is InChI=1S/C42H48N2S2Si4/c1-47(2,3)25-13-17-31-29(21-25)37-39-42(46-35-23-27(49(7,8)9)15-19-33(35)43(31)39)38-30-22-26(48(4,5)6)14-18-32(30)44-34-20-16-28(50(10,11)12)24-36(34)45-41(37)40(38)44/h13-24H,1-12H3. The highest BCUT2D eigenvalue weighted by Crippen LogP contribution is 2.50. The van der Waals surface area contributed by atoms with Gasteiger partial charge in [0.05, 0.1) is 84.2 Å². The maximum Gasteiger partial charge on any atom is 0.0776 e. The number of nitrogens with zero attached hydrogens (tertiary/aromatic N) is 2. The lowest BCUT2D eigenvalue weighted by Crippen LogP contribution is -2.37. The molecule has 9 rings (SSSR count). The van der Waals surface area contributed by atoms with Crippen molar-refractivity contribution in [1.82, 2.24) is 8.80 Å². The third kappa shape index (κ3) is 4.64. The van der Waals surface area contributed by atoms with Gasteiger partial charge < -0.3 is 8.80 Å². The zero-order valence-electron chi connectivity index (χ0n) is 31.6. The summed E-state index contributed by atoms with van der Waals surface area (Å²) < 4.78 is 11.0. The molecule has 254 valence electrons. The lowest BCUT2D eigenvalue weighted by Gasteiger charge is -2.18. The van der Waals surface area contributed by atoms with Crippen molar-refractivity contribution in [2.45, 2.75) is 78.6 Å². The molecule has 2 nitrogen and oxygen atoms in total. The van der Waals surface area contributed by atoms with Gasteiger partial charge in [-0.3, -0.25) is 0 Å². The van der Waals surface area contributed by atoms with E-state index in [0.29, 0.717) is 0 Å². The zero-order chi connectivity index (χ0) is 35.4. The first-order valence-electron chi connectivity index (χ1n) is 18.1. The van der Waals surface area contributed by atoms with Crippen LogP contribution in [0.1, 0.15) is 0 Å². The lowest BCUT2D eigenvalue weighted by molar-refractivity contribution is 1.35. The van der Waals surface area contributed by atoms with Crippen molar-refractivity contribution in [2.75, 3.05) is 0 Å². The fourth-order valence-electron chi connectivity index (χ4n) is 8.06. The molecule has 5 aromatic carbocycles. The maximum absolute atomic E-state index is 2.66. The van der Waals surface area contributed by atoms with Crippen LogP contribution in [0.25, 0.3) is 73.4 Å². The topological polar surface area (TPSA) is 8.82 Å². The molecule has 9 aromatic rings. The van der Waals surface area contributed by atoms with Gasteiger partial charge in [-0.2, -0.15) is 0 Å². The highest BCUT2D eigenvalue weighted by Gasteiger charge is 2.29. The van der Waals surface area contributed by atoms with E-state index in [1.807, 2.05) is 22.7 Å². The molecular weight excluding hydrogens is 709 g/mol. The van der Waals surface area contributed by atoms with Crippen molar-refractivity contribution in [1.29, 1.82) is 0 Å². The molecular formula is C42H48N2S2Si4. The number of fused-ring (bicyclic) bond motifs is 12. The molecule has 0 radical (unpaired) electrons. The van der Waals surface area contributed by atoms with Gasteiger partial charge in [0.2, 0.25) is 0 Å². The van der Waals surface area contributed by atoms with Crippen molar-refractivity contribution in [3.05, 3.63) is 72.8 Å². The summed E-state index contributed by atoms with van der Waals surface area (Å²) in [6, 6.07) is 29.8. The van der Waals surface area contributed by atoms with Crippen LogP contribution in [0.15, 0.2) is 72.8 Å². The second kappa shape index (κ2) is 10.3. The first-order valence-corrected chi connectivity index (χ1v) is 33.7. The number of hydrogen-bond acceptors (Lipinski definition) is 2. The Labute approximate surface area is 307 Å². The monoisotopic (exact) mass is 756 g/mol. The average molecular weight is 757 g/mol. The Kier molecular flexibility index (Phi) is 6.79. The summed E-state index contributed by atoms with van der Waals surface area (Å²) in [5.74, 6) is 0. The maximum atomic E-state index is 2.66. The third-order valence-corrected chi connectivity index (χ3v) is 21.6. The highest BCUT2D eigenvalue weighted by atomic mass is 32.1. The minimum Gasteiger partial charge on any atom is -0.306 e. The molecule has 0 saturated carbocycles. The van der Waals surface area contributed by atoms with Crippen LogP contribution in [-0.2, 0) is 0 Å². The quantitative estimate of drug-likeness (QED) is 0.125. The molecule has 0 saturated heterocycles. The van der Waals surface area contributed by atoms with Gasteiger partial charge in [-0.1, -0.05) is 136 Å². The summed E-state index contributed by atoms with van der Waals surface area (Å²) >= 11 is 4.07. The van der Waals surface area contributed by atoms with E-state index in [1.54, 1.807) is 0 Å². The Morgan fingerprint density at radius 3 is 1.00 bits per heavy atom. The minimum absolute atomic E-state index is 1.34. The molecule has 0 amide bonds. The van der Waals surface area contributed by atoms with Gasteiger partial charge in [-0.05, 0) is 36.4 Å². The van der Waals surface area contributed by atoms with E-state index >= 15 is 0 Å². The van der Waals surface area contributed by atoms with Gasteiger partial charge in [0.1, 0.15) is 0 Å². The Bertz CT molecular complexity index is 2710. The van der Waals surface area contributed by atoms with Crippen LogP contribution in [0, 0.1) is 0 Å². The molecule has 50 heavy (non-hydrogen) atoms. The van der Waals surface area contributed by atoms with Crippen molar-refractivity contribution in [2.24, 2.45) is 0 Å². The van der Waals surface area contributed by atoms with Crippen LogP contribution in [0.3, 0.4) is 0 Å². The predicted molar refractivity (Wildman–Crippen MR) is 241 cm³/mol. The number of hydrogen-bond donors (Lipinski definition) is 0. The van der Waals surface area contributed by atoms with E-state index in [9.17, 15) is 0 Å². The van der Waals surface area contributed by atoms with Crippen LogP contribution >= 0.6 is 22.7 Å². The smallest absolute Gasteiger partial charge is 0.0776 e. The van der Waals surface area contributed by atoms with E-state index in [4.69, 9.17) is 0 Å². The van der Waals surface area contributed by atoms with Gasteiger partial charge in [0.15, 0.2) is 0 Å². The largest absolute Gasteiger partial charge is 0.306 e. The summed E-state index contributed by atoms with van der Waals surface area (Å²) in [7, 11) is -6.16. The number of rotatable bonds is 4. The second-order valence-electron chi connectivity index (χ2n) is 18.8. The molecule has 4 heterocycles. The molecule has 0 aliphatic carbocycles. The van der Waals surface area contributed by atoms with Crippen LogP contribution in [0.5, 0.6) is 0 Å². The van der Waals surface area contributed by atoms with Gasteiger partial charge in [-0.15, -0.1) is 22.7 Å². The Hall–Kier alpha value is -2.99. The molecule has 0 unspecified atom stereocenters. The molecule has 8 heteroatoms. The highest BCUT2D eigenvalue weighted by molar-refractivity contribution is 7.27. The van der Waals surface area contributed by atoms with Crippen molar-refractivity contribution in [3.8, 4) is 0 Å². The van der Waals surface area contributed by atoms with Crippen LogP contribution in [0.4, 0.5) is 0 Å². The van der Waals surface area contributed by atoms with Gasteiger partial charge >= 0.3 is 0 Å². The Morgan fingerprint density at radius 2 is 0.680 bits per heavy atom. The Balaban J connectivity index is 1.63. The third-order valence-electron chi connectivity index (χ3n) is 11.1. The van der Waals surface area contributed by atoms with Crippen LogP contribution < -0.4 is 20.7 Å². The molecule has 0 atom stereocenters. The van der Waals surface area contributed by atoms with E-state index in [0.717, 1.165) is 0 Å². The Morgan fingerprint density at radius 1 is 0.380 bits per heavy atom. The molecule has 0 aliphatic heterocycles. The molecule has 0 bridgehead atoms. The first kappa shape index (κ1) is 32.9. The van der Waals surface area contributed by atoms with Gasteiger partial charge in [0, 0.05) is 21.5 Å². The SMILES string of the molecule is C[Si](C)(C)c1ccc2c(c1)sc1c3c4cc([Si](C)(C)C)ccc4n4c5ccc([Si](C)(C)C)cc5sc(c5c6cc([Si](C)(C)C)ccc6n2c15)c34. The first-order chi connectivity index (χ1) is 23.3. The van der Waals surface area contributed by atoms with E-state index in [2.05, 4.69) is 160 Å². The fraction of sp³-hybridized carbons (Fsp3) is 0.286. The summed E-state index contributed by atoms with van der Waals surface area (Å²) in [5, 5.41) is 11.8. The summed E-state index contributed by atoms with van der Waals surface area (Å²) in [5.41, 5.74) is 8.17. The van der Waals surface area contributed by atoms with Crippen molar-refractivity contribution in [3.63, 3.8) is 0 Å². The molecule has 4 aromatic heterocycles. The van der Waals surface area contributed by atoms with E-state index < -0.39 is 32.3 Å².